The molecule has 17 nitrogen and oxygen atoms in total. The molecular weight excluding hydrogens is 1290 g/mol. The summed E-state index contributed by atoms with van der Waals surface area (Å²) in [5.41, 5.74) is 0. The molecule has 588 valence electrons. The Labute approximate surface area is 607 Å². The molecule has 0 bridgehead atoms. The van der Waals surface area contributed by atoms with Crippen molar-refractivity contribution in [3.8, 4) is 0 Å². The molecule has 0 fully saturated rings. The van der Waals surface area contributed by atoms with E-state index >= 15 is 0 Å². The molecule has 0 saturated heterocycles. The van der Waals surface area contributed by atoms with Gasteiger partial charge in [0.05, 0.1) is 26.4 Å². The van der Waals surface area contributed by atoms with Gasteiger partial charge in [0.1, 0.15) is 19.3 Å². The predicted octanol–water partition coefficient (Wildman–Crippen LogP) is 23.7. The van der Waals surface area contributed by atoms with Crippen molar-refractivity contribution >= 4 is 39.5 Å². The van der Waals surface area contributed by atoms with E-state index in [0.29, 0.717) is 25.7 Å². The molecule has 0 heterocycles. The lowest BCUT2D eigenvalue weighted by Crippen LogP contribution is -2.30. The lowest BCUT2D eigenvalue weighted by atomic mass is 9.99. The highest BCUT2D eigenvalue weighted by atomic mass is 31.2. The van der Waals surface area contributed by atoms with Crippen molar-refractivity contribution in [1.29, 1.82) is 0 Å². The zero-order valence-corrected chi connectivity index (χ0v) is 66.8. The number of esters is 4. The topological polar surface area (TPSA) is 237 Å². The molecule has 99 heavy (non-hydrogen) atoms. The lowest BCUT2D eigenvalue weighted by molar-refractivity contribution is -0.161. The minimum absolute atomic E-state index is 0.104. The van der Waals surface area contributed by atoms with Crippen LogP contribution in [0.1, 0.15) is 414 Å². The third-order valence-electron chi connectivity index (χ3n) is 19.0. The van der Waals surface area contributed by atoms with Crippen molar-refractivity contribution in [2.75, 3.05) is 39.6 Å². The Balaban J connectivity index is 5.23. The molecule has 0 radical (unpaired) electrons. The Morgan fingerprint density at radius 1 is 0.293 bits per heavy atom. The van der Waals surface area contributed by atoms with Crippen LogP contribution in [0.4, 0.5) is 0 Å². The molecular formula is C80H156O17P2. The van der Waals surface area contributed by atoms with Crippen LogP contribution in [0.15, 0.2) is 0 Å². The molecule has 6 atom stereocenters. The number of hydrogen-bond acceptors (Lipinski definition) is 15. The molecule has 3 unspecified atom stereocenters. The Bertz CT molecular complexity index is 1920. The molecule has 19 heteroatoms. The third-order valence-corrected chi connectivity index (χ3v) is 20.9. The fourth-order valence-electron chi connectivity index (χ4n) is 12.3. The number of hydrogen-bond donors (Lipinski definition) is 3. The number of ether oxygens (including phenoxy) is 4. The van der Waals surface area contributed by atoms with Crippen molar-refractivity contribution < 1.29 is 80.2 Å². The van der Waals surface area contributed by atoms with Crippen LogP contribution in [-0.4, -0.2) is 96.7 Å². The van der Waals surface area contributed by atoms with Crippen LogP contribution >= 0.6 is 15.6 Å². The van der Waals surface area contributed by atoms with Gasteiger partial charge in [-0.2, -0.15) is 0 Å². The average molecular weight is 1450 g/mol. The number of phosphoric acid groups is 2. The van der Waals surface area contributed by atoms with Gasteiger partial charge >= 0.3 is 39.5 Å². The van der Waals surface area contributed by atoms with Gasteiger partial charge in [-0.15, -0.1) is 0 Å². The first-order valence-electron chi connectivity index (χ1n) is 41.4. The summed E-state index contributed by atoms with van der Waals surface area (Å²) in [6.45, 7) is 11.9. The SMILES string of the molecule is CCCCCCCCCCCCCCCCCCCCCCCC(=O)O[C@H](COC(=O)CCCCCCCCCCCCCCC(C)C)COP(=O)(O)OC[C@@H](O)COP(=O)(O)OC[C@@H](COC(=O)CCCCCCCCCCC(C)C)OC(=O)CCCCCCCCCCC(C)CC. The Kier molecular flexibility index (Phi) is 69.0. The molecule has 0 aliphatic carbocycles. The molecule has 3 N–H and O–H groups in total. The Morgan fingerprint density at radius 3 is 0.768 bits per heavy atom. The van der Waals surface area contributed by atoms with Crippen LogP contribution in [0, 0.1) is 17.8 Å². The van der Waals surface area contributed by atoms with Gasteiger partial charge in [0.2, 0.25) is 0 Å². The van der Waals surface area contributed by atoms with E-state index in [1.165, 1.54) is 225 Å². The maximum absolute atomic E-state index is 13.1. The summed E-state index contributed by atoms with van der Waals surface area (Å²) in [5, 5.41) is 10.6. The fraction of sp³-hybridized carbons (Fsp3) is 0.950. The fourth-order valence-corrected chi connectivity index (χ4v) is 13.9. The molecule has 0 aromatic carbocycles. The summed E-state index contributed by atoms with van der Waals surface area (Å²) in [6.07, 6.45) is 58.4. The number of aliphatic hydroxyl groups is 1. The Morgan fingerprint density at radius 2 is 0.515 bits per heavy atom. The predicted molar refractivity (Wildman–Crippen MR) is 405 cm³/mol. The molecule has 0 rings (SSSR count). The van der Waals surface area contributed by atoms with Crippen LogP contribution in [0.3, 0.4) is 0 Å². The first-order valence-corrected chi connectivity index (χ1v) is 44.4. The van der Waals surface area contributed by atoms with Crippen LogP contribution in [0.5, 0.6) is 0 Å². The molecule has 0 amide bonds. The van der Waals surface area contributed by atoms with E-state index < -0.39 is 97.5 Å². The molecule has 0 saturated carbocycles. The van der Waals surface area contributed by atoms with E-state index in [0.717, 1.165) is 108 Å². The van der Waals surface area contributed by atoms with Gasteiger partial charge in [-0.3, -0.25) is 37.3 Å². The zero-order chi connectivity index (χ0) is 73.0. The molecule has 0 aliphatic heterocycles. The summed E-state index contributed by atoms with van der Waals surface area (Å²) >= 11 is 0. The van der Waals surface area contributed by atoms with Gasteiger partial charge in [0, 0.05) is 25.7 Å². The van der Waals surface area contributed by atoms with Crippen LogP contribution in [0.2, 0.25) is 0 Å². The zero-order valence-electron chi connectivity index (χ0n) is 65.0. The maximum atomic E-state index is 13.1. The highest BCUT2D eigenvalue weighted by Crippen LogP contribution is 2.45. The second-order valence-corrected chi connectivity index (χ2v) is 32.9. The molecule has 0 aromatic heterocycles. The minimum atomic E-state index is -4.96. The summed E-state index contributed by atoms with van der Waals surface area (Å²) in [7, 11) is -9.92. The summed E-state index contributed by atoms with van der Waals surface area (Å²) in [6, 6.07) is 0. The molecule has 0 aromatic rings. The second-order valence-electron chi connectivity index (χ2n) is 30.0. The first-order chi connectivity index (χ1) is 47.8. The van der Waals surface area contributed by atoms with Crippen LogP contribution in [0.25, 0.3) is 0 Å². The summed E-state index contributed by atoms with van der Waals surface area (Å²) < 4.78 is 68.7. The quantitative estimate of drug-likeness (QED) is 0.0222. The first kappa shape index (κ1) is 97.1. The molecule has 0 aliphatic rings. The smallest absolute Gasteiger partial charge is 0.462 e. The number of aliphatic hydroxyl groups excluding tert-OH is 1. The van der Waals surface area contributed by atoms with Crippen molar-refractivity contribution in [2.45, 2.75) is 433 Å². The van der Waals surface area contributed by atoms with Gasteiger partial charge in [0.25, 0.3) is 0 Å². The monoisotopic (exact) mass is 1450 g/mol. The highest BCUT2D eigenvalue weighted by Gasteiger charge is 2.30. The van der Waals surface area contributed by atoms with E-state index in [2.05, 4.69) is 48.5 Å². The normalized spacial score (nSPS) is 14.3. The van der Waals surface area contributed by atoms with Crippen LogP contribution in [-0.2, 0) is 65.4 Å². The van der Waals surface area contributed by atoms with E-state index in [4.69, 9.17) is 37.0 Å². The Hall–Kier alpha value is -1.94. The maximum Gasteiger partial charge on any atom is 0.472 e. The van der Waals surface area contributed by atoms with E-state index in [1.807, 2.05) is 0 Å². The molecule has 0 spiro atoms. The van der Waals surface area contributed by atoms with Crippen molar-refractivity contribution in [2.24, 2.45) is 17.8 Å². The van der Waals surface area contributed by atoms with Crippen molar-refractivity contribution in [3.05, 3.63) is 0 Å². The number of carbonyl (C=O) groups is 4. The number of carbonyl (C=O) groups excluding carboxylic acids is 4. The number of rotatable bonds is 78. The number of phosphoric ester groups is 2. The lowest BCUT2D eigenvalue weighted by Gasteiger charge is -2.21. The highest BCUT2D eigenvalue weighted by molar-refractivity contribution is 7.47. The van der Waals surface area contributed by atoms with Gasteiger partial charge in [0.15, 0.2) is 12.2 Å². The standard InChI is InChI=1S/C80H156O17P2/c1-8-10-11-12-13-14-15-16-17-18-19-20-21-22-23-24-29-32-42-49-56-63-79(84)96-75(67-90-77(82)61-54-47-40-31-28-26-25-27-30-37-44-51-58-71(3)4)69-94-98(86,87)92-65-74(81)66-93-99(88,89)95-70-76(68-91-78(83)62-55-48-41-35-33-38-45-52-59-72(5)6)97-80(85)64-57-50-43-36-34-39-46-53-60-73(7)9-2/h71-76,81H,8-70H2,1-7H3,(H,86,87)(H,88,89)/t73?,74-,75-,76-/m1/s1. The van der Waals surface area contributed by atoms with Gasteiger partial charge < -0.3 is 33.8 Å². The van der Waals surface area contributed by atoms with Crippen LogP contribution < -0.4 is 0 Å². The summed E-state index contributed by atoms with van der Waals surface area (Å²) in [4.78, 5) is 73.0. The van der Waals surface area contributed by atoms with E-state index in [-0.39, 0.29) is 25.7 Å². The largest absolute Gasteiger partial charge is 0.472 e. The summed E-state index contributed by atoms with van der Waals surface area (Å²) in [5.74, 6) is 0.162. The minimum Gasteiger partial charge on any atom is -0.462 e. The number of unbranched alkanes of at least 4 members (excludes halogenated alkanes) is 45. The van der Waals surface area contributed by atoms with Gasteiger partial charge in [-0.1, -0.05) is 363 Å². The average Bonchev–Trinajstić information content (AvgIpc) is 1.01. The van der Waals surface area contributed by atoms with Crippen molar-refractivity contribution in [3.63, 3.8) is 0 Å². The van der Waals surface area contributed by atoms with E-state index in [1.54, 1.807) is 0 Å². The van der Waals surface area contributed by atoms with Gasteiger partial charge in [-0.25, -0.2) is 9.13 Å². The van der Waals surface area contributed by atoms with Crippen molar-refractivity contribution in [1.82, 2.24) is 0 Å². The van der Waals surface area contributed by atoms with Gasteiger partial charge in [-0.05, 0) is 43.4 Å². The third kappa shape index (κ3) is 72.8. The second kappa shape index (κ2) is 70.4. The van der Waals surface area contributed by atoms with E-state index in [9.17, 15) is 43.2 Å².